The Hall–Kier alpha value is -3.34. The van der Waals surface area contributed by atoms with E-state index in [0.717, 1.165) is 22.5 Å². The zero-order valence-electron chi connectivity index (χ0n) is 14.9. The van der Waals surface area contributed by atoms with Crippen molar-refractivity contribution in [3.8, 4) is 11.4 Å². The molecule has 26 heavy (non-hydrogen) atoms. The molecule has 0 spiro atoms. The summed E-state index contributed by atoms with van der Waals surface area (Å²) in [5.74, 6) is 1.12. The van der Waals surface area contributed by atoms with Gasteiger partial charge < -0.3 is 0 Å². The highest BCUT2D eigenvalue weighted by atomic mass is 15.4. The molecule has 2 aromatic carbocycles. The highest BCUT2D eigenvalue weighted by Crippen LogP contribution is 2.19. The van der Waals surface area contributed by atoms with Gasteiger partial charge in [0.1, 0.15) is 0 Å². The van der Waals surface area contributed by atoms with Crippen LogP contribution in [0.2, 0.25) is 0 Å². The smallest absolute Gasteiger partial charge is 0.218 e. The third kappa shape index (κ3) is 4.19. The first-order valence-electron chi connectivity index (χ1n) is 8.48. The molecule has 1 N–H and O–H groups in total. The van der Waals surface area contributed by atoms with E-state index in [1.165, 1.54) is 0 Å². The Kier molecular flexibility index (Phi) is 5.49. The lowest BCUT2D eigenvalue weighted by Gasteiger charge is -2.04. The van der Waals surface area contributed by atoms with Crippen LogP contribution in [0.4, 0.5) is 0 Å². The molecule has 1 aromatic heterocycles. The van der Waals surface area contributed by atoms with Gasteiger partial charge in [-0.25, -0.2) is 14.7 Å². The van der Waals surface area contributed by atoms with E-state index in [9.17, 15) is 0 Å². The van der Waals surface area contributed by atoms with Crippen molar-refractivity contribution < 1.29 is 0 Å². The molecule has 0 bridgehead atoms. The molecule has 0 radical (unpaired) electrons. The lowest BCUT2D eigenvalue weighted by Crippen LogP contribution is -2.03. The van der Waals surface area contributed by atoms with Gasteiger partial charge in [-0.05, 0) is 25.5 Å². The third-order valence-electron chi connectivity index (χ3n) is 3.81. The summed E-state index contributed by atoms with van der Waals surface area (Å²) in [4.78, 5) is 8.54. The van der Waals surface area contributed by atoms with E-state index in [0.29, 0.717) is 12.4 Å². The lowest BCUT2D eigenvalue weighted by molar-refractivity contribution is 0.707. The third-order valence-corrected chi connectivity index (χ3v) is 3.81. The molecule has 0 unspecified atom stereocenters. The molecule has 0 atom stereocenters. The highest BCUT2D eigenvalue weighted by molar-refractivity contribution is 5.97. The Balaban J connectivity index is 1.94. The predicted molar refractivity (Wildman–Crippen MR) is 107 cm³/mol. The number of aromatic nitrogens is 3. The van der Waals surface area contributed by atoms with Crippen LogP contribution in [0.25, 0.3) is 17.5 Å². The Morgan fingerprint density at radius 1 is 1.15 bits per heavy atom. The van der Waals surface area contributed by atoms with Crippen LogP contribution in [0.3, 0.4) is 0 Å². The fourth-order valence-electron chi connectivity index (χ4n) is 2.61. The average molecular weight is 343 g/mol. The quantitative estimate of drug-likeness (QED) is 0.552. The van der Waals surface area contributed by atoms with Gasteiger partial charge in [0, 0.05) is 11.8 Å². The summed E-state index contributed by atoms with van der Waals surface area (Å²) < 4.78 is 1.81. The summed E-state index contributed by atoms with van der Waals surface area (Å²) in [5.41, 5.74) is 3.26. The first-order chi connectivity index (χ1) is 12.7. The first-order valence-corrected chi connectivity index (χ1v) is 8.48. The van der Waals surface area contributed by atoms with Crippen molar-refractivity contribution in [2.75, 3.05) is 0 Å². The number of benzene rings is 2. The highest BCUT2D eigenvalue weighted by Gasteiger charge is 2.14. The van der Waals surface area contributed by atoms with Crippen molar-refractivity contribution in [2.24, 2.45) is 4.99 Å². The van der Waals surface area contributed by atoms with Crippen molar-refractivity contribution in [3.63, 3.8) is 0 Å². The van der Waals surface area contributed by atoms with E-state index in [2.05, 4.69) is 39.4 Å². The van der Waals surface area contributed by atoms with E-state index in [1.54, 1.807) is 13.1 Å². The fourth-order valence-corrected chi connectivity index (χ4v) is 2.61. The van der Waals surface area contributed by atoms with Gasteiger partial charge >= 0.3 is 0 Å². The topological polar surface area (TPSA) is 66.9 Å². The zero-order chi connectivity index (χ0) is 18.4. The second-order valence-corrected chi connectivity index (χ2v) is 5.86. The number of rotatable bonds is 5. The zero-order valence-corrected chi connectivity index (χ0v) is 14.9. The van der Waals surface area contributed by atoms with E-state index in [1.807, 2.05) is 54.1 Å². The number of allylic oxidation sites excluding steroid dienone is 1. The molecule has 130 valence electrons. The van der Waals surface area contributed by atoms with Gasteiger partial charge in [-0.15, -0.1) is 5.10 Å². The maximum Gasteiger partial charge on any atom is 0.218 e. The Morgan fingerprint density at radius 3 is 2.69 bits per heavy atom. The molecule has 0 amide bonds. The van der Waals surface area contributed by atoms with Gasteiger partial charge in [-0.3, -0.25) is 5.41 Å². The Morgan fingerprint density at radius 2 is 1.96 bits per heavy atom. The SMILES string of the molecule is CC=NC(=N)c1nc(-c2cccc(C)c2)n(C/C=C/c2ccccc2)n1. The average Bonchev–Trinajstić information content (AvgIpc) is 3.07. The van der Waals surface area contributed by atoms with Crippen molar-refractivity contribution >= 4 is 18.1 Å². The molecule has 0 aliphatic rings. The van der Waals surface area contributed by atoms with Gasteiger partial charge in [-0.1, -0.05) is 66.2 Å². The van der Waals surface area contributed by atoms with Crippen molar-refractivity contribution in [1.29, 1.82) is 5.41 Å². The molecular weight excluding hydrogens is 322 g/mol. The minimum absolute atomic E-state index is 0.0622. The summed E-state index contributed by atoms with van der Waals surface area (Å²) >= 11 is 0. The molecule has 1 heterocycles. The van der Waals surface area contributed by atoms with Gasteiger partial charge in [0.05, 0.1) is 6.54 Å². The molecule has 0 saturated carbocycles. The maximum absolute atomic E-state index is 8.00. The van der Waals surface area contributed by atoms with Crippen molar-refractivity contribution in [1.82, 2.24) is 14.8 Å². The van der Waals surface area contributed by atoms with E-state index in [-0.39, 0.29) is 5.84 Å². The normalized spacial score (nSPS) is 11.5. The minimum Gasteiger partial charge on any atom is -0.280 e. The van der Waals surface area contributed by atoms with Crippen LogP contribution in [-0.2, 0) is 6.54 Å². The second kappa shape index (κ2) is 8.16. The summed E-state index contributed by atoms with van der Waals surface area (Å²) in [5, 5.41) is 12.5. The van der Waals surface area contributed by atoms with Crippen LogP contribution in [-0.4, -0.2) is 26.8 Å². The largest absolute Gasteiger partial charge is 0.280 e. The summed E-state index contributed by atoms with van der Waals surface area (Å²) in [6, 6.07) is 18.2. The number of hydrogen-bond donors (Lipinski definition) is 1. The van der Waals surface area contributed by atoms with Gasteiger partial charge in [-0.2, -0.15) is 0 Å². The molecule has 0 saturated heterocycles. The number of nitrogens with one attached hydrogen (secondary N) is 1. The lowest BCUT2D eigenvalue weighted by atomic mass is 10.1. The van der Waals surface area contributed by atoms with Crippen LogP contribution in [0, 0.1) is 12.3 Å². The van der Waals surface area contributed by atoms with Crippen LogP contribution >= 0.6 is 0 Å². The van der Waals surface area contributed by atoms with Gasteiger partial charge in [0.2, 0.25) is 5.82 Å². The summed E-state index contributed by atoms with van der Waals surface area (Å²) in [6.45, 7) is 4.38. The first kappa shape index (κ1) is 17.5. The number of hydrogen-bond acceptors (Lipinski definition) is 3. The minimum atomic E-state index is 0.0622. The number of aryl methyl sites for hydroxylation is 1. The number of nitrogens with zero attached hydrogens (tertiary/aromatic N) is 4. The van der Waals surface area contributed by atoms with Crippen LogP contribution in [0.1, 0.15) is 23.9 Å². The van der Waals surface area contributed by atoms with E-state index in [4.69, 9.17) is 5.41 Å². The van der Waals surface area contributed by atoms with Crippen LogP contribution in [0.5, 0.6) is 0 Å². The van der Waals surface area contributed by atoms with E-state index >= 15 is 0 Å². The molecule has 0 aliphatic carbocycles. The second-order valence-electron chi connectivity index (χ2n) is 5.86. The Bertz CT molecular complexity index is 952. The molecule has 0 aliphatic heterocycles. The maximum atomic E-state index is 8.00. The van der Waals surface area contributed by atoms with Crippen molar-refractivity contribution in [2.45, 2.75) is 20.4 Å². The van der Waals surface area contributed by atoms with E-state index < -0.39 is 0 Å². The fraction of sp³-hybridized carbons (Fsp3) is 0.143. The van der Waals surface area contributed by atoms with Crippen LogP contribution < -0.4 is 0 Å². The molecule has 5 nitrogen and oxygen atoms in total. The summed E-state index contributed by atoms with van der Waals surface area (Å²) in [7, 11) is 0. The molecule has 3 rings (SSSR count). The molecule has 0 fully saturated rings. The van der Waals surface area contributed by atoms with Crippen molar-refractivity contribution in [3.05, 3.63) is 77.6 Å². The molecule has 5 heteroatoms. The monoisotopic (exact) mass is 343 g/mol. The number of aliphatic imine (C=N–C) groups is 1. The van der Waals surface area contributed by atoms with Crippen LogP contribution in [0.15, 0.2) is 65.7 Å². The number of amidine groups is 1. The summed E-state index contributed by atoms with van der Waals surface area (Å²) in [6.07, 6.45) is 5.67. The standard InChI is InChI=1S/C21H21N5/c1-3-23-19(22)20-24-21(18-13-7-9-16(2)15-18)26(25-20)14-8-12-17-10-5-4-6-11-17/h3-13,15,22H,14H2,1-2H3/b12-8+,22-19?,23-3?. The predicted octanol–water partition coefficient (Wildman–Crippen LogP) is 4.38. The molecular formula is C21H21N5. The van der Waals surface area contributed by atoms with Gasteiger partial charge in [0.15, 0.2) is 11.7 Å². The molecule has 3 aromatic rings. The Labute approximate surface area is 153 Å². The van der Waals surface area contributed by atoms with Gasteiger partial charge in [0.25, 0.3) is 0 Å².